The Morgan fingerprint density at radius 3 is 2.18 bits per heavy atom. The molecule has 1 heterocycles. The molecule has 0 aromatic heterocycles. The highest BCUT2D eigenvalue weighted by Gasteiger charge is 2.40. The second-order valence-electron chi connectivity index (χ2n) is 7.74. The summed E-state index contributed by atoms with van der Waals surface area (Å²) in [6.45, 7) is 0.428. The van der Waals surface area contributed by atoms with Crippen LogP contribution in [0.25, 0.3) is 5.57 Å². The van der Waals surface area contributed by atoms with E-state index in [2.05, 4.69) is 0 Å². The number of aliphatic hydroxyl groups excluding tert-OH is 1. The van der Waals surface area contributed by atoms with Crippen LogP contribution in [0.3, 0.4) is 0 Å². The summed E-state index contributed by atoms with van der Waals surface area (Å²) in [4.78, 5) is 14.9. The van der Waals surface area contributed by atoms with E-state index in [1.807, 2.05) is 72.8 Å². The van der Waals surface area contributed by atoms with Crippen molar-refractivity contribution in [3.8, 4) is 17.2 Å². The maximum Gasteiger partial charge on any atom is 0.289 e. The smallest absolute Gasteiger partial charge is 0.289 e. The van der Waals surface area contributed by atoms with Crippen molar-refractivity contribution >= 4 is 11.5 Å². The lowest BCUT2D eigenvalue weighted by Gasteiger charge is -2.27. The minimum absolute atomic E-state index is 0.221. The van der Waals surface area contributed by atoms with Gasteiger partial charge in [-0.05, 0) is 47.4 Å². The van der Waals surface area contributed by atoms with Gasteiger partial charge in [0, 0.05) is 12.1 Å². The van der Waals surface area contributed by atoms with Crippen LogP contribution in [0.2, 0.25) is 0 Å². The third kappa shape index (κ3) is 4.37. The minimum atomic E-state index is -0.396. The van der Waals surface area contributed by atoms with Gasteiger partial charge in [-0.25, -0.2) is 0 Å². The largest absolute Gasteiger partial charge is 0.503 e. The number of carbonyl (C=O) groups is 1. The Kier molecular flexibility index (Phi) is 6.54. The molecule has 0 aliphatic carbocycles. The molecule has 6 heteroatoms. The summed E-state index contributed by atoms with van der Waals surface area (Å²) < 4.78 is 16.0. The van der Waals surface area contributed by atoms with Gasteiger partial charge in [0.2, 0.25) is 0 Å². The van der Waals surface area contributed by atoms with Crippen LogP contribution < -0.4 is 14.2 Å². The molecule has 6 nitrogen and oxygen atoms in total. The number of nitrogens with zero attached hydrogens (tertiary/aromatic N) is 1. The molecule has 1 aliphatic heterocycles. The van der Waals surface area contributed by atoms with Crippen LogP contribution in [0.15, 0.2) is 78.6 Å². The molecule has 0 fully saturated rings. The van der Waals surface area contributed by atoms with Gasteiger partial charge in [0.1, 0.15) is 5.75 Å². The van der Waals surface area contributed by atoms with Gasteiger partial charge >= 0.3 is 0 Å². The molecule has 33 heavy (non-hydrogen) atoms. The third-order valence-electron chi connectivity index (χ3n) is 5.91. The molecule has 0 saturated heterocycles. The number of rotatable bonds is 8. The first kappa shape index (κ1) is 22.3. The Balaban J connectivity index is 1.67. The maximum atomic E-state index is 13.2. The number of methoxy groups -OCH3 is 3. The minimum Gasteiger partial charge on any atom is -0.503 e. The lowest BCUT2D eigenvalue weighted by atomic mass is 9.93. The molecule has 0 saturated carbocycles. The molecule has 1 amide bonds. The number of carbonyl (C=O) groups excluding carboxylic acids is 1. The van der Waals surface area contributed by atoms with Crippen molar-refractivity contribution in [2.75, 3.05) is 27.9 Å². The Labute approximate surface area is 193 Å². The van der Waals surface area contributed by atoms with Crippen LogP contribution in [0.5, 0.6) is 17.2 Å². The van der Waals surface area contributed by atoms with E-state index >= 15 is 0 Å². The first-order valence-corrected chi connectivity index (χ1v) is 10.7. The first-order chi connectivity index (χ1) is 16.1. The van der Waals surface area contributed by atoms with Crippen LogP contribution >= 0.6 is 0 Å². The highest BCUT2D eigenvalue weighted by molar-refractivity contribution is 6.05. The van der Waals surface area contributed by atoms with Crippen LogP contribution in [-0.4, -0.2) is 43.8 Å². The lowest BCUT2D eigenvalue weighted by molar-refractivity contribution is -0.129. The Hall–Kier alpha value is -3.93. The highest BCUT2D eigenvalue weighted by atomic mass is 16.5. The van der Waals surface area contributed by atoms with Gasteiger partial charge in [-0.15, -0.1) is 0 Å². The number of ether oxygens (including phenoxy) is 3. The monoisotopic (exact) mass is 445 g/mol. The lowest BCUT2D eigenvalue weighted by Crippen LogP contribution is -2.32. The summed E-state index contributed by atoms with van der Waals surface area (Å²) in [6.07, 6.45) is 0.596. The molecule has 0 bridgehead atoms. The van der Waals surface area contributed by atoms with Crippen molar-refractivity contribution in [3.63, 3.8) is 0 Å². The molecule has 0 unspecified atom stereocenters. The topological polar surface area (TPSA) is 68.2 Å². The molecule has 170 valence electrons. The normalized spacial score (nSPS) is 15.7. The standard InChI is InChI=1S/C27H27NO5/c1-31-21-12-10-19(11-13-21)24-25(20-7-5-4-6-8-20)28(27(30)26(24)29)16-15-18-9-14-22(32-2)23(17-18)33-3/h4-14,17,25,29H,15-16H2,1-3H3/t25-/m1/s1. The Morgan fingerprint density at radius 2 is 1.55 bits per heavy atom. The molecule has 0 radical (unpaired) electrons. The van der Waals surface area contributed by atoms with Gasteiger partial charge < -0.3 is 24.2 Å². The second kappa shape index (κ2) is 9.69. The summed E-state index contributed by atoms with van der Waals surface area (Å²) in [7, 11) is 4.80. The van der Waals surface area contributed by atoms with Crippen molar-refractivity contribution in [3.05, 3.63) is 95.2 Å². The zero-order chi connectivity index (χ0) is 23.4. The molecule has 4 rings (SSSR count). The highest BCUT2D eigenvalue weighted by Crippen LogP contribution is 2.43. The van der Waals surface area contributed by atoms with Crippen molar-refractivity contribution in [2.45, 2.75) is 12.5 Å². The van der Waals surface area contributed by atoms with Crippen LogP contribution in [-0.2, 0) is 11.2 Å². The average Bonchev–Trinajstić information content (AvgIpc) is 3.12. The predicted octanol–water partition coefficient (Wildman–Crippen LogP) is 4.81. The van der Waals surface area contributed by atoms with Crippen molar-refractivity contribution in [2.24, 2.45) is 0 Å². The zero-order valence-electron chi connectivity index (χ0n) is 18.9. The quantitative estimate of drug-likeness (QED) is 0.539. The van der Waals surface area contributed by atoms with Crippen LogP contribution in [0.1, 0.15) is 22.7 Å². The molecular weight excluding hydrogens is 418 g/mol. The summed E-state index contributed by atoms with van der Waals surface area (Å²) in [5, 5.41) is 10.9. The third-order valence-corrected chi connectivity index (χ3v) is 5.91. The van der Waals surface area contributed by atoms with Gasteiger partial charge in [0.25, 0.3) is 5.91 Å². The van der Waals surface area contributed by atoms with E-state index < -0.39 is 6.04 Å². The maximum absolute atomic E-state index is 13.2. The molecule has 1 N–H and O–H groups in total. The number of hydrogen-bond acceptors (Lipinski definition) is 5. The number of benzene rings is 3. The number of aliphatic hydroxyl groups is 1. The Bertz CT molecular complexity index is 1150. The van der Waals surface area contributed by atoms with Gasteiger partial charge in [-0.3, -0.25) is 4.79 Å². The van der Waals surface area contributed by atoms with E-state index in [4.69, 9.17) is 14.2 Å². The SMILES string of the molecule is COc1ccc(C2=C(O)C(=O)N(CCc3ccc(OC)c(OC)c3)[C@@H]2c2ccccc2)cc1. The molecule has 1 atom stereocenters. The summed E-state index contributed by atoms with van der Waals surface area (Å²) in [5.41, 5.74) is 3.32. The molecular formula is C27H27NO5. The summed E-state index contributed by atoms with van der Waals surface area (Å²) >= 11 is 0. The van der Waals surface area contributed by atoms with E-state index in [-0.39, 0.29) is 11.7 Å². The van der Waals surface area contributed by atoms with Crippen LogP contribution in [0, 0.1) is 0 Å². The van der Waals surface area contributed by atoms with Gasteiger partial charge in [-0.2, -0.15) is 0 Å². The van der Waals surface area contributed by atoms with E-state index in [9.17, 15) is 9.90 Å². The van der Waals surface area contributed by atoms with E-state index in [1.54, 1.807) is 26.2 Å². The van der Waals surface area contributed by atoms with E-state index in [0.717, 1.165) is 16.7 Å². The fourth-order valence-electron chi connectivity index (χ4n) is 4.22. The first-order valence-electron chi connectivity index (χ1n) is 10.7. The van der Waals surface area contributed by atoms with E-state index in [0.29, 0.717) is 35.8 Å². The van der Waals surface area contributed by atoms with Gasteiger partial charge in [0.15, 0.2) is 17.3 Å². The average molecular weight is 446 g/mol. The van der Waals surface area contributed by atoms with E-state index in [1.165, 1.54) is 0 Å². The van der Waals surface area contributed by atoms with Gasteiger partial charge in [0.05, 0.1) is 27.4 Å². The number of amides is 1. The molecule has 3 aromatic carbocycles. The molecule has 3 aromatic rings. The van der Waals surface area contributed by atoms with Crippen molar-refractivity contribution in [1.82, 2.24) is 4.90 Å². The fraction of sp³-hybridized carbons (Fsp3) is 0.222. The molecule has 0 spiro atoms. The fourth-order valence-corrected chi connectivity index (χ4v) is 4.22. The Morgan fingerprint density at radius 1 is 0.848 bits per heavy atom. The van der Waals surface area contributed by atoms with Crippen molar-refractivity contribution in [1.29, 1.82) is 0 Å². The predicted molar refractivity (Wildman–Crippen MR) is 127 cm³/mol. The summed E-state index contributed by atoms with van der Waals surface area (Å²) in [6, 6.07) is 22.5. The van der Waals surface area contributed by atoms with Crippen LogP contribution in [0.4, 0.5) is 0 Å². The van der Waals surface area contributed by atoms with Crippen molar-refractivity contribution < 1.29 is 24.1 Å². The van der Waals surface area contributed by atoms with Gasteiger partial charge in [-0.1, -0.05) is 48.5 Å². The number of hydrogen-bond donors (Lipinski definition) is 1. The zero-order valence-corrected chi connectivity index (χ0v) is 18.9. The second-order valence-corrected chi connectivity index (χ2v) is 7.74. The summed E-state index contributed by atoms with van der Waals surface area (Å²) in [5.74, 6) is 1.41. The molecule has 1 aliphatic rings.